The molecule has 82 valence electrons. The summed E-state index contributed by atoms with van der Waals surface area (Å²) in [5.74, 6) is 0.409. The van der Waals surface area contributed by atoms with Crippen molar-refractivity contribution in [3.05, 3.63) is 42.4 Å². The third-order valence-electron chi connectivity index (χ3n) is 2.10. The number of amides is 1. The Morgan fingerprint density at radius 3 is 2.81 bits per heavy atom. The Labute approximate surface area is 93.3 Å². The van der Waals surface area contributed by atoms with Crippen LogP contribution in [0.2, 0.25) is 0 Å². The van der Waals surface area contributed by atoms with Crippen LogP contribution in [0.25, 0.3) is 11.3 Å². The predicted octanol–water partition coefficient (Wildman–Crippen LogP) is 2.09. The number of carbonyl (C=O) groups is 1. The number of nitrogens with zero attached hydrogens (tertiary/aromatic N) is 1. The number of hydrogen-bond acceptors (Lipinski definition) is 3. The van der Waals surface area contributed by atoms with E-state index in [-0.39, 0.29) is 11.8 Å². The van der Waals surface area contributed by atoms with Gasteiger partial charge in [-0.3, -0.25) is 4.79 Å². The van der Waals surface area contributed by atoms with Crippen LogP contribution in [-0.4, -0.2) is 17.4 Å². The Bertz CT molecular complexity index is 477. The van der Waals surface area contributed by atoms with Gasteiger partial charge in [-0.25, -0.2) is 4.98 Å². The maximum absolute atomic E-state index is 11.4. The summed E-state index contributed by atoms with van der Waals surface area (Å²) in [6.45, 7) is 2.40. The van der Waals surface area contributed by atoms with E-state index in [0.29, 0.717) is 12.3 Å². The minimum Gasteiger partial charge on any atom is -0.432 e. The van der Waals surface area contributed by atoms with Crippen LogP contribution in [0.5, 0.6) is 0 Å². The number of carbonyl (C=O) groups excluding carboxylic acids is 1. The molecule has 0 bridgehead atoms. The van der Waals surface area contributed by atoms with E-state index in [1.54, 1.807) is 6.20 Å². The lowest BCUT2D eigenvalue weighted by atomic mass is 10.2. The summed E-state index contributed by atoms with van der Waals surface area (Å²) in [5.41, 5.74) is 0.908. The molecule has 0 aliphatic heterocycles. The maximum Gasteiger partial charge on any atom is 0.307 e. The zero-order chi connectivity index (χ0) is 11.4. The van der Waals surface area contributed by atoms with Gasteiger partial charge in [-0.2, -0.15) is 0 Å². The molecule has 0 saturated carbocycles. The van der Waals surface area contributed by atoms with Crippen molar-refractivity contribution in [2.45, 2.75) is 6.92 Å². The van der Waals surface area contributed by atoms with E-state index in [0.717, 1.165) is 5.56 Å². The number of rotatable bonds is 3. The molecule has 0 fully saturated rings. The van der Waals surface area contributed by atoms with Crippen LogP contribution < -0.4 is 5.32 Å². The first-order valence-corrected chi connectivity index (χ1v) is 5.10. The lowest BCUT2D eigenvalue weighted by molar-refractivity contribution is 0.0922. The van der Waals surface area contributed by atoms with Crippen molar-refractivity contribution in [3.8, 4) is 11.3 Å². The molecule has 16 heavy (non-hydrogen) atoms. The zero-order valence-electron chi connectivity index (χ0n) is 8.93. The summed E-state index contributed by atoms with van der Waals surface area (Å²) in [5, 5.41) is 2.63. The van der Waals surface area contributed by atoms with E-state index in [1.165, 1.54) is 0 Å². The molecule has 0 unspecified atom stereocenters. The van der Waals surface area contributed by atoms with E-state index >= 15 is 0 Å². The number of oxazole rings is 1. The van der Waals surface area contributed by atoms with Gasteiger partial charge in [-0.05, 0) is 6.92 Å². The fourth-order valence-electron chi connectivity index (χ4n) is 1.35. The van der Waals surface area contributed by atoms with Crippen LogP contribution in [0.4, 0.5) is 0 Å². The normalized spacial score (nSPS) is 10.1. The summed E-state index contributed by atoms with van der Waals surface area (Å²) in [4.78, 5) is 15.4. The third kappa shape index (κ3) is 2.11. The smallest absolute Gasteiger partial charge is 0.307 e. The standard InChI is InChI=1S/C12H12N2O2/c1-2-13-11(15)12-14-8-10(16-12)9-6-4-3-5-7-9/h3-8H,2H2,1H3,(H,13,15). The zero-order valence-corrected chi connectivity index (χ0v) is 8.93. The minimum atomic E-state index is -0.287. The van der Waals surface area contributed by atoms with E-state index in [1.807, 2.05) is 37.3 Å². The van der Waals surface area contributed by atoms with Gasteiger partial charge in [0.25, 0.3) is 5.89 Å². The number of hydrogen-bond donors (Lipinski definition) is 1. The molecule has 2 rings (SSSR count). The summed E-state index contributed by atoms with van der Waals surface area (Å²) in [6, 6.07) is 9.54. The Balaban J connectivity index is 2.23. The highest BCUT2D eigenvalue weighted by Gasteiger charge is 2.12. The lowest BCUT2D eigenvalue weighted by Gasteiger charge is -1.96. The van der Waals surface area contributed by atoms with E-state index < -0.39 is 0 Å². The molecule has 1 amide bonds. The molecule has 4 heteroatoms. The van der Waals surface area contributed by atoms with Gasteiger partial charge in [-0.15, -0.1) is 0 Å². The molecule has 1 aromatic heterocycles. The topological polar surface area (TPSA) is 55.1 Å². The number of aromatic nitrogens is 1. The van der Waals surface area contributed by atoms with Gasteiger partial charge >= 0.3 is 5.91 Å². The van der Waals surface area contributed by atoms with Crippen LogP contribution in [0, 0.1) is 0 Å². The van der Waals surface area contributed by atoms with Crippen molar-refractivity contribution < 1.29 is 9.21 Å². The quantitative estimate of drug-likeness (QED) is 0.854. The highest BCUT2D eigenvalue weighted by atomic mass is 16.4. The Morgan fingerprint density at radius 1 is 1.38 bits per heavy atom. The second kappa shape index (κ2) is 4.61. The molecule has 0 aliphatic carbocycles. The molecular formula is C12H12N2O2. The maximum atomic E-state index is 11.4. The summed E-state index contributed by atoms with van der Waals surface area (Å²) >= 11 is 0. The van der Waals surface area contributed by atoms with Gasteiger partial charge in [-0.1, -0.05) is 30.3 Å². The Kier molecular flexibility index (Phi) is 3.00. The summed E-state index contributed by atoms with van der Waals surface area (Å²) < 4.78 is 5.36. The third-order valence-corrected chi connectivity index (χ3v) is 2.10. The van der Waals surface area contributed by atoms with Gasteiger partial charge in [0.2, 0.25) is 0 Å². The number of benzene rings is 1. The average Bonchev–Trinajstić information content (AvgIpc) is 2.80. The Hall–Kier alpha value is -2.10. The van der Waals surface area contributed by atoms with Crippen molar-refractivity contribution in [1.82, 2.24) is 10.3 Å². The van der Waals surface area contributed by atoms with Crippen LogP contribution in [0.3, 0.4) is 0 Å². The highest BCUT2D eigenvalue weighted by Crippen LogP contribution is 2.19. The van der Waals surface area contributed by atoms with Crippen LogP contribution in [0.15, 0.2) is 40.9 Å². The first-order valence-electron chi connectivity index (χ1n) is 5.10. The van der Waals surface area contributed by atoms with Gasteiger partial charge in [0.1, 0.15) is 0 Å². The van der Waals surface area contributed by atoms with Crippen LogP contribution in [0.1, 0.15) is 17.6 Å². The molecule has 0 radical (unpaired) electrons. The predicted molar refractivity (Wildman–Crippen MR) is 59.9 cm³/mol. The second-order valence-electron chi connectivity index (χ2n) is 3.26. The highest BCUT2D eigenvalue weighted by molar-refractivity contribution is 5.89. The van der Waals surface area contributed by atoms with E-state index in [9.17, 15) is 4.79 Å². The van der Waals surface area contributed by atoms with Gasteiger partial charge in [0.05, 0.1) is 6.20 Å². The second-order valence-corrected chi connectivity index (χ2v) is 3.26. The van der Waals surface area contributed by atoms with Crippen molar-refractivity contribution in [2.75, 3.05) is 6.54 Å². The molecule has 2 aromatic rings. The van der Waals surface area contributed by atoms with Gasteiger partial charge in [0, 0.05) is 12.1 Å². The average molecular weight is 216 g/mol. The first-order chi connectivity index (χ1) is 7.81. The van der Waals surface area contributed by atoms with Crippen LogP contribution >= 0.6 is 0 Å². The van der Waals surface area contributed by atoms with Gasteiger partial charge in [0.15, 0.2) is 5.76 Å². The van der Waals surface area contributed by atoms with Crippen molar-refractivity contribution in [2.24, 2.45) is 0 Å². The van der Waals surface area contributed by atoms with Crippen LogP contribution in [-0.2, 0) is 0 Å². The minimum absolute atomic E-state index is 0.0979. The molecule has 1 N–H and O–H groups in total. The fraction of sp³-hybridized carbons (Fsp3) is 0.167. The largest absolute Gasteiger partial charge is 0.432 e. The lowest BCUT2D eigenvalue weighted by Crippen LogP contribution is -2.22. The molecule has 0 aliphatic rings. The van der Waals surface area contributed by atoms with Gasteiger partial charge < -0.3 is 9.73 Å². The Morgan fingerprint density at radius 2 is 2.12 bits per heavy atom. The summed E-state index contributed by atoms with van der Waals surface area (Å²) in [6.07, 6.45) is 1.56. The fourth-order valence-corrected chi connectivity index (χ4v) is 1.35. The SMILES string of the molecule is CCNC(=O)c1ncc(-c2ccccc2)o1. The molecule has 1 aromatic carbocycles. The van der Waals surface area contributed by atoms with E-state index in [4.69, 9.17) is 4.42 Å². The summed E-state index contributed by atoms with van der Waals surface area (Å²) in [7, 11) is 0. The monoisotopic (exact) mass is 216 g/mol. The molecular weight excluding hydrogens is 204 g/mol. The van der Waals surface area contributed by atoms with Crippen molar-refractivity contribution in [3.63, 3.8) is 0 Å². The molecule has 4 nitrogen and oxygen atoms in total. The van der Waals surface area contributed by atoms with Crippen molar-refractivity contribution >= 4 is 5.91 Å². The molecule has 0 saturated heterocycles. The molecule has 0 spiro atoms. The number of nitrogens with one attached hydrogen (secondary N) is 1. The molecule has 0 atom stereocenters. The molecule has 1 heterocycles. The van der Waals surface area contributed by atoms with E-state index in [2.05, 4.69) is 10.3 Å². The first kappa shape index (κ1) is 10.4. The van der Waals surface area contributed by atoms with Crippen molar-refractivity contribution in [1.29, 1.82) is 0 Å².